The van der Waals surface area contributed by atoms with Crippen LogP contribution < -0.4 is 9.80 Å². The lowest BCUT2D eigenvalue weighted by Gasteiger charge is -2.40. The Hall–Kier alpha value is -5.86. The fourth-order valence-electron chi connectivity index (χ4n) is 12.0. The van der Waals surface area contributed by atoms with Crippen LogP contribution in [0.1, 0.15) is 80.0 Å². The van der Waals surface area contributed by atoms with Crippen LogP contribution >= 0.6 is 0 Å². The van der Waals surface area contributed by atoms with E-state index in [4.69, 9.17) is 0 Å². The predicted molar refractivity (Wildman–Crippen MR) is 238 cm³/mol. The van der Waals surface area contributed by atoms with E-state index in [9.17, 15) is 0 Å². The Morgan fingerprint density at radius 2 is 0.930 bits per heavy atom. The zero-order valence-electron chi connectivity index (χ0n) is 32.7. The fourth-order valence-corrected chi connectivity index (χ4v) is 12.0. The van der Waals surface area contributed by atoms with E-state index in [2.05, 4.69) is 192 Å². The van der Waals surface area contributed by atoms with Crippen LogP contribution in [0.5, 0.6) is 0 Å². The van der Waals surface area contributed by atoms with E-state index in [0.717, 1.165) is 5.92 Å². The van der Waals surface area contributed by atoms with Gasteiger partial charge in [0.15, 0.2) is 0 Å². The molecule has 3 fully saturated rings. The van der Waals surface area contributed by atoms with E-state index < -0.39 is 0 Å². The van der Waals surface area contributed by atoms with Gasteiger partial charge in [0.25, 0.3) is 0 Å². The maximum atomic E-state index is 2.56. The van der Waals surface area contributed by atoms with Gasteiger partial charge in [-0.15, -0.1) is 0 Å². The Kier molecular flexibility index (Phi) is 8.42. The highest BCUT2D eigenvalue weighted by atomic mass is 15.1. The molecule has 3 atom stereocenters. The molecule has 0 amide bonds. The maximum absolute atomic E-state index is 2.56. The molecule has 0 aromatic heterocycles. The van der Waals surface area contributed by atoms with Gasteiger partial charge in [0.1, 0.15) is 0 Å². The number of anilines is 6. The van der Waals surface area contributed by atoms with E-state index in [1.54, 1.807) is 0 Å². The zero-order chi connectivity index (χ0) is 37.8. The third kappa shape index (κ3) is 5.52. The first kappa shape index (κ1) is 34.4. The monoisotopic (exact) mass is 738 g/mol. The van der Waals surface area contributed by atoms with Gasteiger partial charge in [-0.25, -0.2) is 0 Å². The van der Waals surface area contributed by atoms with E-state index in [0.29, 0.717) is 5.92 Å². The summed E-state index contributed by atoms with van der Waals surface area (Å²) in [5.41, 5.74) is 16.2. The minimum Gasteiger partial charge on any atom is -0.311 e. The highest BCUT2D eigenvalue weighted by Gasteiger charge is 2.53. The van der Waals surface area contributed by atoms with E-state index in [-0.39, 0.29) is 10.8 Å². The highest BCUT2D eigenvalue weighted by Crippen LogP contribution is 2.62. The molecule has 3 saturated carbocycles. The first-order valence-electron chi connectivity index (χ1n) is 21.4. The number of rotatable bonds is 8. The maximum Gasteiger partial charge on any atom is 0.0508 e. The molecule has 1 spiro atoms. The predicted octanol–water partition coefficient (Wildman–Crippen LogP) is 15.0. The summed E-state index contributed by atoms with van der Waals surface area (Å²) in [4.78, 5) is 4.94. The molecule has 3 unspecified atom stereocenters. The zero-order valence-corrected chi connectivity index (χ0v) is 32.7. The van der Waals surface area contributed by atoms with Crippen LogP contribution in [0.4, 0.5) is 34.1 Å². The molecule has 280 valence electrons. The fraction of sp³-hybridized carbons (Fsp3) is 0.236. The van der Waals surface area contributed by atoms with Gasteiger partial charge in [0.05, 0.1) is 5.69 Å². The SMILES string of the molecule is c1ccc(N(c2ccccc2)c2ccc(C3(c4ccc(N(c5ccccc5)c5cccc6c5C5(CCCCC5)c5ccccc5-6)cc4)CC4CCC3C4)cc2)cc1. The Bertz CT molecular complexity index is 2460. The summed E-state index contributed by atoms with van der Waals surface area (Å²) in [5, 5.41) is 0. The number of hydrogen-bond donors (Lipinski definition) is 0. The lowest BCUT2D eigenvalue weighted by atomic mass is 9.64. The molecule has 4 aliphatic carbocycles. The van der Waals surface area contributed by atoms with Crippen LogP contribution in [0.2, 0.25) is 0 Å². The average molecular weight is 739 g/mol. The first-order chi connectivity index (χ1) is 28.2. The number of hydrogen-bond acceptors (Lipinski definition) is 2. The number of nitrogens with zero attached hydrogens (tertiary/aromatic N) is 2. The first-order valence-corrected chi connectivity index (χ1v) is 21.4. The third-order valence-electron chi connectivity index (χ3n) is 14.4. The van der Waals surface area contributed by atoms with Gasteiger partial charge in [-0.3, -0.25) is 0 Å². The molecule has 0 N–H and O–H groups in total. The van der Waals surface area contributed by atoms with Gasteiger partial charge in [-0.05, 0) is 144 Å². The number of para-hydroxylation sites is 3. The second-order valence-electron chi connectivity index (χ2n) is 17.2. The second-order valence-corrected chi connectivity index (χ2v) is 17.2. The van der Waals surface area contributed by atoms with Crippen molar-refractivity contribution in [2.24, 2.45) is 11.8 Å². The molecule has 0 aliphatic heterocycles. The number of benzene rings is 7. The van der Waals surface area contributed by atoms with Crippen molar-refractivity contribution >= 4 is 34.1 Å². The molecular weight excluding hydrogens is 689 g/mol. The molecule has 7 aromatic rings. The molecule has 7 aromatic carbocycles. The summed E-state index contributed by atoms with van der Waals surface area (Å²) in [6.07, 6.45) is 11.6. The van der Waals surface area contributed by atoms with Crippen molar-refractivity contribution in [3.63, 3.8) is 0 Å². The van der Waals surface area contributed by atoms with Crippen LogP contribution in [0, 0.1) is 11.8 Å². The Morgan fingerprint density at radius 1 is 0.421 bits per heavy atom. The number of fused-ring (bicyclic) bond motifs is 7. The van der Waals surface area contributed by atoms with Crippen LogP contribution in [0.3, 0.4) is 0 Å². The van der Waals surface area contributed by atoms with Crippen molar-refractivity contribution < 1.29 is 0 Å². The van der Waals surface area contributed by atoms with Crippen LogP contribution in [0.25, 0.3) is 11.1 Å². The summed E-state index contributed by atoms with van der Waals surface area (Å²) in [6, 6.07) is 68.5. The summed E-state index contributed by atoms with van der Waals surface area (Å²) in [7, 11) is 0. The third-order valence-corrected chi connectivity index (χ3v) is 14.4. The molecule has 2 heteroatoms. The van der Waals surface area contributed by atoms with Gasteiger partial charge in [-0.2, -0.15) is 0 Å². The topological polar surface area (TPSA) is 6.48 Å². The molecule has 57 heavy (non-hydrogen) atoms. The van der Waals surface area contributed by atoms with Gasteiger partial charge in [-0.1, -0.05) is 141 Å². The molecule has 11 rings (SSSR count). The minimum absolute atomic E-state index is 0.0175. The van der Waals surface area contributed by atoms with E-state index in [1.807, 2.05) is 0 Å². The van der Waals surface area contributed by atoms with Crippen molar-refractivity contribution in [2.45, 2.75) is 68.6 Å². The van der Waals surface area contributed by atoms with Gasteiger partial charge in [0.2, 0.25) is 0 Å². The van der Waals surface area contributed by atoms with Crippen molar-refractivity contribution in [2.75, 3.05) is 9.80 Å². The minimum atomic E-state index is 0.0175. The van der Waals surface area contributed by atoms with Crippen LogP contribution in [-0.2, 0) is 10.8 Å². The van der Waals surface area contributed by atoms with Crippen molar-refractivity contribution in [3.8, 4) is 11.1 Å². The molecule has 0 saturated heterocycles. The largest absolute Gasteiger partial charge is 0.311 e. The summed E-state index contributed by atoms with van der Waals surface area (Å²) in [6.45, 7) is 0. The Balaban J connectivity index is 1.01. The summed E-state index contributed by atoms with van der Waals surface area (Å²) in [5.74, 6) is 1.45. The molecule has 2 bridgehead atoms. The van der Waals surface area contributed by atoms with Gasteiger partial charge < -0.3 is 9.80 Å². The van der Waals surface area contributed by atoms with Crippen molar-refractivity contribution in [3.05, 3.63) is 204 Å². The van der Waals surface area contributed by atoms with Crippen molar-refractivity contribution in [1.82, 2.24) is 0 Å². The smallest absolute Gasteiger partial charge is 0.0508 e. The normalized spacial score (nSPS) is 21.3. The standard InChI is InChI=1S/C55H50N2/c1-5-16-44(17-6-1)56(45-18-7-2-8-19-45)47-32-28-41(29-33-47)55(39-40-26-27-43(55)38-40)42-30-34-48(35-31-42)57(46-20-9-3-10-21-46)52-25-15-23-50-49-22-11-12-24-51(49)54(53(50)52)36-13-4-14-37-54/h1-3,5-12,15-25,28-35,40,43H,4,13-14,26-27,36-39H2. The molecular formula is C55H50N2. The van der Waals surface area contributed by atoms with Crippen LogP contribution in [-0.4, -0.2) is 0 Å². The highest BCUT2D eigenvalue weighted by molar-refractivity contribution is 5.91. The van der Waals surface area contributed by atoms with Crippen molar-refractivity contribution in [1.29, 1.82) is 0 Å². The van der Waals surface area contributed by atoms with E-state index in [1.165, 1.54) is 125 Å². The van der Waals surface area contributed by atoms with Gasteiger partial charge in [0, 0.05) is 39.3 Å². The van der Waals surface area contributed by atoms with E-state index >= 15 is 0 Å². The molecule has 2 nitrogen and oxygen atoms in total. The van der Waals surface area contributed by atoms with Gasteiger partial charge >= 0.3 is 0 Å². The molecule has 0 heterocycles. The quantitative estimate of drug-likeness (QED) is 0.153. The van der Waals surface area contributed by atoms with Crippen LogP contribution in [0.15, 0.2) is 182 Å². The Labute approximate surface area is 338 Å². The average Bonchev–Trinajstić information content (AvgIpc) is 3.98. The molecule has 4 aliphatic rings. The lowest BCUT2D eigenvalue weighted by molar-refractivity contribution is 0.320. The summed E-state index contributed by atoms with van der Waals surface area (Å²) >= 11 is 0. The summed E-state index contributed by atoms with van der Waals surface area (Å²) < 4.78 is 0. The second kappa shape index (κ2) is 14.0. The Morgan fingerprint density at radius 3 is 1.49 bits per heavy atom. The lowest BCUT2D eigenvalue weighted by Crippen LogP contribution is -2.34. The molecule has 0 radical (unpaired) electrons.